The number of anilines is 1. The van der Waals surface area contributed by atoms with Gasteiger partial charge in [-0.15, -0.1) is 0 Å². The number of azo groups is 1. The zero-order valence-corrected chi connectivity index (χ0v) is 15.6. The summed E-state index contributed by atoms with van der Waals surface area (Å²) in [6.45, 7) is 0. The molecular weight excluding hydrogens is 342 g/mol. The van der Waals surface area contributed by atoms with E-state index in [1.54, 1.807) is 0 Å². The molecule has 0 heterocycles. The number of carbonyl (C=O) groups excluding carboxylic acids is 2. The molecule has 0 saturated carbocycles. The van der Waals surface area contributed by atoms with Crippen molar-refractivity contribution < 1.29 is 14.3 Å². The summed E-state index contributed by atoms with van der Waals surface area (Å²) >= 11 is 0. The van der Waals surface area contributed by atoms with E-state index in [2.05, 4.69) is 20.3 Å². The van der Waals surface area contributed by atoms with E-state index in [-0.39, 0.29) is 11.9 Å². The summed E-state index contributed by atoms with van der Waals surface area (Å²) in [7, 11) is 1.39. The molecule has 0 aliphatic heterocycles. The van der Waals surface area contributed by atoms with Crippen LogP contribution in [0.1, 0.15) is 38.5 Å². The second-order valence-electron chi connectivity index (χ2n) is 6.12. The van der Waals surface area contributed by atoms with Crippen molar-refractivity contribution in [1.29, 1.82) is 0 Å². The van der Waals surface area contributed by atoms with Crippen molar-refractivity contribution in [2.24, 2.45) is 10.2 Å². The minimum Gasteiger partial charge on any atom is -0.469 e. The van der Waals surface area contributed by atoms with E-state index in [0.29, 0.717) is 12.8 Å². The van der Waals surface area contributed by atoms with Crippen LogP contribution in [0, 0.1) is 0 Å². The molecular formula is C21H25N3O3. The molecule has 0 spiro atoms. The second kappa shape index (κ2) is 11.6. The van der Waals surface area contributed by atoms with Gasteiger partial charge in [-0.05, 0) is 49.2 Å². The van der Waals surface area contributed by atoms with Gasteiger partial charge in [0.15, 0.2) is 0 Å². The highest BCUT2D eigenvalue weighted by Gasteiger charge is 2.03. The van der Waals surface area contributed by atoms with Crippen LogP contribution < -0.4 is 5.32 Å². The summed E-state index contributed by atoms with van der Waals surface area (Å²) in [6, 6.07) is 16.8. The van der Waals surface area contributed by atoms with Crippen LogP contribution >= 0.6 is 0 Å². The lowest BCUT2D eigenvalue weighted by molar-refractivity contribution is -0.140. The lowest BCUT2D eigenvalue weighted by Crippen LogP contribution is -2.10. The number of ether oxygens (including phenoxy) is 1. The Morgan fingerprint density at radius 1 is 0.815 bits per heavy atom. The Labute approximate surface area is 159 Å². The van der Waals surface area contributed by atoms with E-state index in [0.717, 1.165) is 42.7 Å². The third-order valence-corrected chi connectivity index (χ3v) is 3.95. The molecule has 0 unspecified atom stereocenters. The number of nitrogens with zero attached hydrogens (tertiary/aromatic N) is 2. The predicted octanol–water partition coefficient (Wildman–Crippen LogP) is 5.55. The van der Waals surface area contributed by atoms with Crippen molar-refractivity contribution in [1.82, 2.24) is 0 Å². The van der Waals surface area contributed by atoms with Gasteiger partial charge in [-0.1, -0.05) is 31.0 Å². The molecule has 0 fully saturated rings. The SMILES string of the molecule is COC(=O)CCCCCCC(=O)Nc1ccc(/N=N/c2ccccc2)cc1. The third-order valence-electron chi connectivity index (χ3n) is 3.95. The average molecular weight is 367 g/mol. The van der Waals surface area contributed by atoms with Crippen molar-refractivity contribution in [3.05, 3.63) is 54.6 Å². The number of benzene rings is 2. The first-order valence-corrected chi connectivity index (χ1v) is 9.11. The lowest BCUT2D eigenvalue weighted by atomic mass is 10.1. The molecule has 0 aromatic heterocycles. The first-order valence-electron chi connectivity index (χ1n) is 9.11. The average Bonchev–Trinajstić information content (AvgIpc) is 2.70. The van der Waals surface area contributed by atoms with Crippen LogP contribution in [-0.2, 0) is 14.3 Å². The predicted molar refractivity (Wildman–Crippen MR) is 105 cm³/mol. The molecule has 6 heteroatoms. The Bertz CT molecular complexity index is 743. The van der Waals surface area contributed by atoms with E-state index in [1.807, 2.05) is 54.6 Å². The Balaban J connectivity index is 1.67. The quantitative estimate of drug-likeness (QED) is 0.339. The number of carbonyl (C=O) groups is 2. The molecule has 0 aliphatic rings. The molecule has 2 aromatic carbocycles. The maximum atomic E-state index is 12.0. The maximum Gasteiger partial charge on any atom is 0.305 e. The van der Waals surface area contributed by atoms with E-state index in [4.69, 9.17) is 0 Å². The number of methoxy groups -OCH3 is 1. The summed E-state index contributed by atoms with van der Waals surface area (Å²) in [4.78, 5) is 23.0. The normalized spacial score (nSPS) is 10.7. The van der Waals surface area contributed by atoms with Gasteiger partial charge in [0.1, 0.15) is 0 Å². The fourth-order valence-electron chi connectivity index (χ4n) is 2.46. The fraction of sp³-hybridized carbons (Fsp3) is 0.333. The smallest absolute Gasteiger partial charge is 0.305 e. The highest BCUT2D eigenvalue weighted by molar-refractivity contribution is 5.90. The number of rotatable bonds is 10. The van der Waals surface area contributed by atoms with Crippen molar-refractivity contribution in [2.45, 2.75) is 38.5 Å². The van der Waals surface area contributed by atoms with Gasteiger partial charge in [-0.25, -0.2) is 0 Å². The second-order valence-corrected chi connectivity index (χ2v) is 6.12. The molecule has 0 radical (unpaired) electrons. The number of hydrogen-bond donors (Lipinski definition) is 1. The van der Waals surface area contributed by atoms with Crippen LogP contribution in [0.5, 0.6) is 0 Å². The van der Waals surface area contributed by atoms with Gasteiger partial charge >= 0.3 is 5.97 Å². The van der Waals surface area contributed by atoms with Crippen molar-refractivity contribution in [2.75, 3.05) is 12.4 Å². The van der Waals surface area contributed by atoms with Crippen LogP contribution in [0.3, 0.4) is 0 Å². The largest absolute Gasteiger partial charge is 0.469 e. The zero-order chi connectivity index (χ0) is 19.3. The fourth-order valence-corrected chi connectivity index (χ4v) is 2.46. The first-order chi connectivity index (χ1) is 13.2. The number of hydrogen-bond acceptors (Lipinski definition) is 5. The van der Waals surface area contributed by atoms with E-state index in [1.165, 1.54) is 7.11 Å². The van der Waals surface area contributed by atoms with Gasteiger partial charge < -0.3 is 10.1 Å². The minimum atomic E-state index is -0.181. The van der Waals surface area contributed by atoms with Gasteiger partial charge in [0.2, 0.25) is 5.91 Å². The Kier molecular flexibility index (Phi) is 8.69. The molecule has 1 amide bonds. The Hall–Kier alpha value is -3.02. The van der Waals surface area contributed by atoms with Crippen molar-refractivity contribution in [3.8, 4) is 0 Å². The number of amides is 1. The Morgan fingerprint density at radius 2 is 1.41 bits per heavy atom. The number of nitrogens with one attached hydrogen (secondary N) is 1. The molecule has 0 aliphatic carbocycles. The van der Waals surface area contributed by atoms with E-state index in [9.17, 15) is 9.59 Å². The molecule has 0 bridgehead atoms. The molecule has 0 atom stereocenters. The topological polar surface area (TPSA) is 80.1 Å². The standard InChI is InChI=1S/C21H25N3O3/c1-27-21(26)12-8-3-2-7-11-20(25)22-17-13-15-19(16-14-17)24-23-18-9-5-4-6-10-18/h4-6,9-10,13-16H,2-3,7-8,11-12H2,1H3,(H,22,25)/b24-23+. The molecule has 1 N–H and O–H groups in total. The van der Waals surface area contributed by atoms with Crippen LogP contribution in [0.25, 0.3) is 0 Å². The van der Waals surface area contributed by atoms with Crippen molar-refractivity contribution in [3.63, 3.8) is 0 Å². The maximum absolute atomic E-state index is 12.0. The summed E-state index contributed by atoms with van der Waals surface area (Å²) in [5.74, 6) is -0.193. The van der Waals surface area contributed by atoms with Gasteiger partial charge in [0.25, 0.3) is 0 Å². The van der Waals surface area contributed by atoms with Gasteiger partial charge in [-0.3, -0.25) is 9.59 Å². The molecule has 27 heavy (non-hydrogen) atoms. The summed E-state index contributed by atoms with van der Waals surface area (Å²) in [5.41, 5.74) is 2.26. The molecule has 2 aromatic rings. The summed E-state index contributed by atoms with van der Waals surface area (Å²) < 4.78 is 4.59. The highest BCUT2D eigenvalue weighted by Crippen LogP contribution is 2.20. The van der Waals surface area contributed by atoms with Gasteiger partial charge in [0, 0.05) is 18.5 Å². The zero-order valence-electron chi connectivity index (χ0n) is 15.6. The van der Waals surface area contributed by atoms with Crippen LogP contribution in [0.4, 0.5) is 17.1 Å². The van der Waals surface area contributed by atoms with E-state index < -0.39 is 0 Å². The third kappa shape index (κ3) is 8.27. The summed E-state index contributed by atoms with van der Waals surface area (Å²) in [6.07, 6.45) is 4.35. The molecule has 6 nitrogen and oxygen atoms in total. The van der Waals surface area contributed by atoms with E-state index >= 15 is 0 Å². The monoisotopic (exact) mass is 367 g/mol. The lowest BCUT2D eigenvalue weighted by Gasteiger charge is -2.05. The molecule has 142 valence electrons. The highest BCUT2D eigenvalue weighted by atomic mass is 16.5. The molecule has 2 rings (SSSR count). The Morgan fingerprint density at radius 3 is 2.04 bits per heavy atom. The van der Waals surface area contributed by atoms with Crippen LogP contribution in [0.2, 0.25) is 0 Å². The number of unbranched alkanes of at least 4 members (excludes halogenated alkanes) is 3. The van der Waals surface area contributed by atoms with Crippen molar-refractivity contribution >= 4 is 28.9 Å². The van der Waals surface area contributed by atoms with Gasteiger partial charge in [0.05, 0.1) is 18.5 Å². The summed E-state index contributed by atoms with van der Waals surface area (Å²) in [5, 5.41) is 11.2. The van der Waals surface area contributed by atoms with Gasteiger partial charge in [-0.2, -0.15) is 10.2 Å². The minimum absolute atomic E-state index is 0.0124. The first kappa shape index (κ1) is 20.3. The van der Waals surface area contributed by atoms with Crippen LogP contribution in [-0.4, -0.2) is 19.0 Å². The number of esters is 1. The van der Waals surface area contributed by atoms with Crippen LogP contribution in [0.15, 0.2) is 64.8 Å². The molecule has 0 saturated heterocycles.